The van der Waals surface area contributed by atoms with E-state index in [-0.39, 0.29) is 11.5 Å². The third-order valence-corrected chi connectivity index (χ3v) is 5.95. The Morgan fingerprint density at radius 3 is 2.40 bits per heavy atom. The van der Waals surface area contributed by atoms with E-state index < -0.39 is 5.76 Å². The van der Waals surface area contributed by atoms with E-state index in [1.165, 1.54) is 11.3 Å². The fourth-order valence-corrected chi connectivity index (χ4v) is 4.62. The summed E-state index contributed by atoms with van der Waals surface area (Å²) in [5.74, 6) is -0.198. The van der Waals surface area contributed by atoms with Gasteiger partial charge in [0.05, 0.1) is 4.88 Å². The lowest BCUT2D eigenvalue weighted by Gasteiger charge is -2.06. The van der Waals surface area contributed by atoms with Crippen molar-refractivity contribution in [3.63, 3.8) is 0 Å². The van der Waals surface area contributed by atoms with Gasteiger partial charge in [-0.05, 0) is 23.8 Å². The minimum Gasteiger partial charge on any atom is -0.508 e. The molecule has 7 heteroatoms. The molecule has 0 radical (unpaired) electrons. The summed E-state index contributed by atoms with van der Waals surface area (Å²) in [6, 6.07) is 21.6. The largest absolute Gasteiger partial charge is 0.508 e. The lowest BCUT2D eigenvalue weighted by Crippen LogP contribution is -2.00. The average Bonchev–Trinajstić information content (AvgIpc) is 3.37. The molecule has 2 N–H and O–H groups in total. The molecule has 0 saturated heterocycles. The number of thiophene rings is 1. The molecule has 146 valence electrons. The second-order valence-corrected chi connectivity index (χ2v) is 7.75. The van der Waals surface area contributed by atoms with Gasteiger partial charge in [-0.3, -0.25) is 14.3 Å². The highest BCUT2D eigenvalue weighted by Crippen LogP contribution is 2.41. The molecule has 5 rings (SSSR count). The van der Waals surface area contributed by atoms with Crippen LogP contribution in [0.2, 0.25) is 0 Å². The number of ketones is 1. The molecular formula is C23H14N2O4S. The van der Waals surface area contributed by atoms with Crippen LogP contribution < -0.4 is 5.76 Å². The summed E-state index contributed by atoms with van der Waals surface area (Å²) < 4.78 is 5.39. The Bertz CT molecular complexity index is 1430. The van der Waals surface area contributed by atoms with Crippen LogP contribution in [0.15, 0.2) is 82.1 Å². The number of H-pyrrole nitrogens is 1. The van der Waals surface area contributed by atoms with Crippen LogP contribution in [-0.2, 0) is 0 Å². The molecule has 0 spiro atoms. The van der Waals surface area contributed by atoms with E-state index >= 15 is 0 Å². The molecule has 0 bridgehead atoms. The number of phenolic OH excluding ortho intramolecular Hbond substituents is 1. The Hall–Kier alpha value is -3.97. The highest BCUT2D eigenvalue weighted by molar-refractivity contribution is 7.21. The smallest absolute Gasteiger partial charge is 0.439 e. The number of nitrogens with one attached hydrogen (secondary N) is 1. The molecule has 0 atom stereocenters. The van der Waals surface area contributed by atoms with Crippen LogP contribution in [0.25, 0.3) is 32.6 Å². The van der Waals surface area contributed by atoms with Crippen molar-refractivity contribution in [1.29, 1.82) is 0 Å². The van der Waals surface area contributed by atoms with Crippen molar-refractivity contribution in [2.75, 3.05) is 0 Å². The number of carbonyl (C=O) groups is 1. The molecule has 0 aliphatic carbocycles. The van der Waals surface area contributed by atoms with Crippen molar-refractivity contribution in [2.24, 2.45) is 0 Å². The Kier molecular flexibility index (Phi) is 4.30. The molecule has 3 aromatic carbocycles. The summed E-state index contributed by atoms with van der Waals surface area (Å²) in [5.41, 5.74) is 2.95. The molecule has 0 saturated carbocycles. The van der Waals surface area contributed by atoms with Crippen molar-refractivity contribution in [2.45, 2.75) is 0 Å². The fourth-order valence-electron chi connectivity index (χ4n) is 3.40. The summed E-state index contributed by atoms with van der Waals surface area (Å²) in [5, 5.41) is 14.5. The number of rotatable bonds is 4. The Balaban J connectivity index is 1.67. The third kappa shape index (κ3) is 3.11. The predicted molar refractivity (Wildman–Crippen MR) is 115 cm³/mol. The summed E-state index contributed by atoms with van der Waals surface area (Å²) in [4.78, 5) is 27.6. The maximum atomic E-state index is 13.3. The molecule has 2 aromatic heterocycles. The van der Waals surface area contributed by atoms with Gasteiger partial charge in [-0.2, -0.15) is 0 Å². The molecule has 0 amide bonds. The van der Waals surface area contributed by atoms with Crippen LogP contribution in [0.5, 0.6) is 5.75 Å². The van der Waals surface area contributed by atoms with Gasteiger partial charge in [0.2, 0.25) is 5.78 Å². The summed E-state index contributed by atoms with van der Waals surface area (Å²) in [7, 11) is 0. The van der Waals surface area contributed by atoms with Crippen molar-refractivity contribution >= 4 is 27.2 Å². The van der Waals surface area contributed by atoms with Gasteiger partial charge in [0.15, 0.2) is 5.82 Å². The summed E-state index contributed by atoms with van der Waals surface area (Å²) in [6.45, 7) is 0. The Labute approximate surface area is 174 Å². The minimum atomic E-state index is -0.617. The number of phenols is 1. The van der Waals surface area contributed by atoms with Crippen LogP contribution in [0.1, 0.15) is 15.2 Å². The van der Waals surface area contributed by atoms with E-state index in [1.807, 2.05) is 48.5 Å². The Morgan fingerprint density at radius 1 is 0.967 bits per heavy atom. The maximum absolute atomic E-state index is 13.3. The van der Waals surface area contributed by atoms with E-state index in [4.69, 9.17) is 0 Å². The van der Waals surface area contributed by atoms with Gasteiger partial charge in [0.25, 0.3) is 0 Å². The number of hydrogen-bond acceptors (Lipinski definition) is 6. The number of aromatic hydroxyl groups is 1. The SMILES string of the molecule is O=C(c1ccccc1)c1sc2cc(O)ccc2c1-c1ccc(-c2noc(=O)[nH]2)cc1. The normalized spacial score (nSPS) is 11.1. The lowest BCUT2D eigenvalue weighted by atomic mass is 9.97. The van der Waals surface area contributed by atoms with Gasteiger partial charge in [-0.15, -0.1) is 11.3 Å². The maximum Gasteiger partial charge on any atom is 0.439 e. The number of carbonyl (C=O) groups excluding carboxylic acids is 1. The first-order valence-corrected chi connectivity index (χ1v) is 9.94. The van der Waals surface area contributed by atoms with E-state index in [0.717, 1.165) is 21.2 Å². The van der Waals surface area contributed by atoms with Gasteiger partial charge in [0.1, 0.15) is 5.75 Å². The van der Waals surface area contributed by atoms with Crippen LogP contribution in [-0.4, -0.2) is 21.0 Å². The molecule has 30 heavy (non-hydrogen) atoms. The first-order valence-electron chi connectivity index (χ1n) is 9.12. The molecule has 0 aliphatic rings. The molecule has 2 heterocycles. The zero-order valence-corrected chi connectivity index (χ0v) is 16.3. The number of fused-ring (bicyclic) bond motifs is 1. The average molecular weight is 414 g/mol. The highest BCUT2D eigenvalue weighted by Gasteiger charge is 2.21. The van der Waals surface area contributed by atoms with Gasteiger partial charge in [-0.1, -0.05) is 59.8 Å². The van der Waals surface area contributed by atoms with Gasteiger partial charge in [-0.25, -0.2) is 4.79 Å². The fraction of sp³-hybridized carbons (Fsp3) is 0. The number of benzene rings is 3. The molecule has 6 nitrogen and oxygen atoms in total. The molecule has 0 unspecified atom stereocenters. The minimum absolute atomic E-state index is 0.0730. The van der Waals surface area contributed by atoms with E-state index in [2.05, 4.69) is 14.7 Å². The quantitative estimate of drug-likeness (QED) is 0.410. The van der Waals surface area contributed by atoms with Crippen molar-refractivity contribution in [3.8, 4) is 28.3 Å². The molecule has 0 aliphatic heterocycles. The monoisotopic (exact) mass is 414 g/mol. The van der Waals surface area contributed by atoms with Crippen molar-refractivity contribution in [3.05, 3.63) is 93.8 Å². The van der Waals surface area contributed by atoms with Crippen molar-refractivity contribution < 1.29 is 14.4 Å². The number of aromatic amines is 1. The zero-order chi connectivity index (χ0) is 20.7. The predicted octanol–water partition coefficient (Wildman–Crippen LogP) is 4.85. The first-order chi connectivity index (χ1) is 14.6. The van der Waals surface area contributed by atoms with Gasteiger partial charge >= 0.3 is 5.76 Å². The number of aromatic nitrogens is 2. The second-order valence-electron chi connectivity index (χ2n) is 6.70. The van der Waals surface area contributed by atoms with E-state index in [9.17, 15) is 14.7 Å². The topological polar surface area (TPSA) is 96.2 Å². The summed E-state index contributed by atoms with van der Waals surface area (Å²) in [6.07, 6.45) is 0. The Morgan fingerprint density at radius 2 is 1.70 bits per heavy atom. The van der Waals surface area contributed by atoms with Crippen LogP contribution in [0, 0.1) is 0 Å². The molecule has 5 aromatic rings. The standard InChI is InChI=1S/C23H14N2O4S/c26-16-10-11-17-18(12-16)30-21(20(27)14-4-2-1-3-5-14)19(17)13-6-8-15(9-7-13)22-24-23(28)29-25-22/h1-12,26H,(H,24,25,28). The van der Waals surface area contributed by atoms with Crippen LogP contribution in [0.4, 0.5) is 0 Å². The summed E-state index contributed by atoms with van der Waals surface area (Å²) >= 11 is 1.36. The van der Waals surface area contributed by atoms with Crippen LogP contribution in [0.3, 0.4) is 0 Å². The lowest BCUT2D eigenvalue weighted by molar-refractivity contribution is 0.104. The second kappa shape index (κ2) is 7.13. The highest BCUT2D eigenvalue weighted by atomic mass is 32.1. The molecule has 0 fully saturated rings. The molecular weight excluding hydrogens is 400 g/mol. The van der Waals surface area contributed by atoms with E-state index in [1.54, 1.807) is 24.3 Å². The third-order valence-electron chi connectivity index (χ3n) is 4.80. The van der Waals surface area contributed by atoms with Crippen LogP contribution >= 0.6 is 11.3 Å². The van der Waals surface area contributed by atoms with Crippen molar-refractivity contribution in [1.82, 2.24) is 10.1 Å². The first kappa shape index (κ1) is 18.1. The number of nitrogens with zero attached hydrogens (tertiary/aromatic N) is 1. The van der Waals surface area contributed by atoms with Gasteiger partial charge in [0, 0.05) is 26.8 Å². The van der Waals surface area contributed by atoms with E-state index in [0.29, 0.717) is 21.8 Å². The zero-order valence-electron chi connectivity index (χ0n) is 15.5. The van der Waals surface area contributed by atoms with Gasteiger partial charge < -0.3 is 5.11 Å². The number of hydrogen-bond donors (Lipinski definition) is 2.